The van der Waals surface area contributed by atoms with Crippen LogP contribution in [0.15, 0.2) is 10.4 Å². The molecule has 1 saturated heterocycles. The third-order valence-corrected chi connectivity index (χ3v) is 4.74. The van der Waals surface area contributed by atoms with Crippen LogP contribution in [0.4, 0.5) is 5.13 Å². The summed E-state index contributed by atoms with van der Waals surface area (Å²) < 4.78 is 0. The van der Waals surface area contributed by atoms with Crippen molar-refractivity contribution in [1.82, 2.24) is 20.9 Å². The van der Waals surface area contributed by atoms with Gasteiger partial charge in [0.25, 0.3) is 5.91 Å². The van der Waals surface area contributed by atoms with Crippen molar-refractivity contribution in [2.45, 2.75) is 25.3 Å². The van der Waals surface area contributed by atoms with Crippen LogP contribution in [0.2, 0.25) is 0 Å². The van der Waals surface area contributed by atoms with E-state index in [1.807, 2.05) is 0 Å². The summed E-state index contributed by atoms with van der Waals surface area (Å²) in [4.78, 5) is 43.0. The van der Waals surface area contributed by atoms with Gasteiger partial charge in [0.05, 0.1) is 13.0 Å². The number of amides is 2. The number of carbonyl (C=O) groups excluding carboxylic acids is 2. The molecule has 2 unspecified atom stereocenters. The van der Waals surface area contributed by atoms with Crippen LogP contribution in [0.3, 0.4) is 0 Å². The van der Waals surface area contributed by atoms with E-state index in [-0.39, 0.29) is 35.7 Å². The summed E-state index contributed by atoms with van der Waals surface area (Å²) in [6, 6.07) is -0.493. The number of nitrogens with two attached hydrogens (primary N) is 2. The summed E-state index contributed by atoms with van der Waals surface area (Å²) >= 11 is 1.08. The number of piperidine rings is 1. The van der Waals surface area contributed by atoms with E-state index < -0.39 is 23.8 Å². The molecule has 0 aromatic carbocycles. The van der Waals surface area contributed by atoms with Gasteiger partial charge < -0.3 is 32.5 Å². The molecule has 27 heavy (non-hydrogen) atoms. The highest BCUT2D eigenvalue weighted by Crippen LogP contribution is 2.18. The second-order valence-corrected chi connectivity index (χ2v) is 6.95. The van der Waals surface area contributed by atoms with E-state index in [0.717, 1.165) is 30.7 Å². The van der Waals surface area contributed by atoms with Crippen LogP contribution in [-0.2, 0) is 9.59 Å². The van der Waals surface area contributed by atoms with E-state index in [0.29, 0.717) is 6.54 Å². The first-order chi connectivity index (χ1) is 12.8. The first-order valence-electron chi connectivity index (χ1n) is 8.40. The number of thiazole rings is 1. The predicted octanol–water partition coefficient (Wildman–Crippen LogP) is -1.26. The van der Waals surface area contributed by atoms with Gasteiger partial charge in [-0.1, -0.05) is 0 Å². The van der Waals surface area contributed by atoms with E-state index in [4.69, 9.17) is 16.6 Å². The first kappa shape index (κ1) is 20.6. The number of carboxylic acids is 1. The molecule has 1 aromatic rings. The first-order valence-corrected chi connectivity index (χ1v) is 9.28. The molecule has 0 aliphatic carbocycles. The van der Waals surface area contributed by atoms with Crippen molar-refractivity contribution in [3.63, 3.8) is 0 Å². The molecule has 0 saturated carbocycles. The molecule has 0 bridgehead atoms. The Hall–Kier alpha value is -2.73. The fraction of sp³-hybridized carbons (Fsp3) is 0.533. The van der Waals surface area contributed by atoms with Crippen LogP contribution in [0.1, 0.15) is 29.8 Å². The maximum absolute atomic E-state index is 12.2. The van der Waals surface area contributed by atoms with Gasteiger partial charge in [-0.25, -0.2) is 4.98 Å². The molecule has 8 N–H and O–H groups in total. The topological polar surface area (TPSA) is 185 Å². The number of aromatic nitrogens is 1. The van der Waals surface area contributed by atoms with Gasteiger partial charge in [0, 0.05) is 11.4 Å². The fourth-order valence-corrected chi connectivity index (χ4v) is 3.47. The van der Waals surface area contributed by atoms with Crippen molar-refractivity contribution in [2.75, 3.05) is 19.6 Å². The lowest BCUT2D eigenvalue weighted by Crippen LogP contribution is -2.49. The monoisotopic (exact) mass is 397 g/mol. The van der Waals surface area contributed by atoms with Crippen LogP contribution in [0.5, 0.6) is 0 Å². The summed E-state index contributed by atoms with van der Waals surface area (Å²) in [5, 5.41) is 19.1. The van der Waals surface area contributed by atoms with E-state index in [9.17, 15) is 14.4 Å². The molecule has 1 aromatic heterocycles. The zero-order chi connectivity index (χ0) is 19.8. The smallest absolute Gasteiger partial charge is 0.305 e. The molecule has 1 fully saturated rings. The number of hydrogen-bond acceptors (Lipinski definition) is 7. The van der Waals surface area contributed by atoms with Gasteiger partial charge in [-0.2, -0.15) is 4.99 Å². The Bertz CT molecular complexity index is 711. The summed E-state index contributed by atoms with van der Waals surface area (Å²) in [5.41, 5.74) is 10.6. The maximum Gasteiger partial charge on any atom is 0.305 e. The Morgan fingerprint density at radius 2 is 2.22 bits per heavy atom. The number of carbonyl (C=O) groups is 3. The Labute approximate surface area is 159 Å². The normalized spacial score (nSPS) is 17.6. The lowest BCUT2D eigenvalue weighted by Gasteiger charge is -2.30. The molecule has 1 aliphatic rings. The molecule has 2 heterocycles. The van der Waals surface area contributed by atoms with Crippen LogP contribution in [-0.4, -0.2) is 59.5 Å². The molecular formula is C15H23N7O4S. The average Bonchev–Trinajstić information content (AvgIpc) is 3.07. The SMILES string of the molecule is NC(N)=Nc1nc(C(=O)NCC(=O)NC(CC(=O)O)C2CCCNC2)cs1. The summed E-state index contributed by atoms with van der Waals surface area (Å²) in [6.45, 7) is 1.25. The van der Waals surface area contributed by atoms with Gasteiger partial charge >= 0.3 is 5.97 Å². The Morgan fingerprint density at radius 1 is 1.44 bits per heavy atom. The summed E-state index contributed by atoms with van der Waals surface area (Å²) in [6.07, 6.45) is 1.60. The summed E-state index contributed by atoms with van der Waals surface area (Å²) in [7, 11) is 0. The number of hydrogen-bond donors (Lipinski definition) is 6. The minimum Gasteiger partial charge on any atom is -0.481 e. The van der Waals surface area contributed by atoms with Crippen molar-refractivity contribution < 1.29 is 19.5 Å². The highest BCUT2D eigenvalue weighted by atomic mass is 32.1. The minimum absolute atomic E-state index is 0.0372. The van der Waals surface area contributed by atoms with Gasteiger partial charge in [-0.15, -0.1) is 11.3 Å². The maximum atomic E-state index is 12.2. The second kappa shape index (κ2) is 9.83. The van der Waals surface area contributed by atoms with Crippen molar-refractivity contribution in [3.05, 3.63) is 11.1 Å². The van der Waals surface area contributed by atoms with Gasteiger partial charge in [0.1, 0.15) is 5.69 Å². The number of aliphatic carboxylic acids is 1. The van der Waals surface area contributed by atoms with E-state index in [1.165, 1.54) is 5.38 Å². The van der Waals surface area contributed by atoms with Crippen molar-refractivity contribution >= 4 is 40.2 Å². The molecule has 12 heteroatoms. The largest absolute Gasteiger partial charge is 0.481 e. The Kier molecular flexibility index (Phi) is 7.49. The minimum atomic E-state index is -0.982. The molecule has 148 valence electrons. The van der Waals surface area contributed by atoms with Gasteiger partial charge in [0.15, 0.2) is 5.96 Å². The Morgan fingerprint density at radius 3 is 2.85 bits per heavy atom. The molecule has 2 rings (SSSR count). The third-order valence-electron chi connectivity index (χ3n) is 4.00. The predicted molar refractivity (Wildman–Crippen MR) is 99.7 cm³/mol. The molecule has 11 nitrogen and oxygen atoms in total. The van der Waals surface area contributed by atoms with Crippen molar-refractivity contribution in [2.24, 2.45) is 22.4 Å². The quantitative estimate of drug-likeness (QED) is 0.232. The second-order valence-electron chi connectivity index (χ2n) is 6.11. The number of carboxylic acid groups (broad SMARTS) is 1. The zero-order valence-corrected chi connectivity index (χ0v) is 15.4. The molecule has 2 atom stereocenters. The Balaban J connectivity index is 1.87. The molecule has 0 radical (unpaired) electrons. The molecule has 1 aliphatic heterocycles. The number of aliphatic imine (C=N–C) groups is 1. The third kappa shape index (κ3) is 6.83. The highest BCUT2D eigenvalue weighted by Gasteiger charge is 2.27. The molecule has 0 spiro atoms. The number of rotatable bonds is 8. The van der Waals surface area contributed by atoms with Gasteiger partial charge in [0.2, 0.25) is 11.0 Å². The molecule has 2 amide bonds. The highest BCUT2D eigenvalue weighted by molar-refractivity contribution is 7.13. The van der Waals surface area contributed by atoms with E-state index in [2.05, 4.69) is 25.9 Å². The lowest BCUT2D eigenvalue weighted by atomic mass is 9.89. The number of guanidine groups is 1. The lowest BCUT2D eigenvalue weighted by molar-refractivity contribution is -0.138. The van der Waals surface area contributed by atoms with Crippen molar-refractivity contribution in [3.8, 4) is 0 Å². The van der Waals surface area contributed by atoms with Gasteiger partial charge in [-0.05, 0) is 31.8 Å². The van der Waals surface area contributed by atoms with E-state index >= 15 is 0 Å². The van der Waals surface area contributed by atoms with Crippen molar-refractivity contribution in [1.29, 1.82) is 0 Å². The van der Waals surface area contributed by atoms with E-state index in [1.54, 1.807) is 0 Å². The van der Waals surface area contributed by atoms with Crippen LogP contribution in [0, 0.1) is 5.92 Å². The average molecular weight is 397 g/mol. The van der Waals surface area contributed by atoms with Gasteiger partial charge in [-0.3, -0.25) is 14.4 Å². The van der Waals surface area contributed by atoms with Crippen LogP contribution in [0.25, 0.3) is 0 Å². The summed E-state index contributed by atoms with van der Waals surface area (Å²) in [5.74, 6) is -2.12. The standard InChI is InChI=1S/C15H23N7O4S/c16-14(17)22-15-21-10(7-27-15)13(26)19-6-11(23)20-9(4-12(24)25)8-2-1-3-18-5-8/h7-9,18H,1-6H2,(H,19,26)(H,20,23)(H,24,25)(H4,16,17,21,22). The zero-order valence-electron chi connectivity index (χ0n) is 14.6. The van der Waals surface area contributed by atoms with Crippen LogP contribution < -0.4 is 27.4 Å². The molecular weight excluding hydrogens is 374 g/mol. The number of nitrogens with one attached hydrogen (secondary N) is 3. The fourth-order valence-electron chi connectivity index (χ4n) is 2.79. The van der Waals surface area contributed by atoms with Crippen LogP contribution >= 0.6 is 11.3 Å². The number of nitrogens with zero attached hydrogens (tertiary/aromatic N) is 2.